The number of nitrogens with one attached hydrogen (secondary N) is 1. The van der Waals surface area contributed by atoms with Gasteiger partial charge in [0, 0.05) is 18.5 Å². The third-order valence-corrected chi connectivity index (χ3v) is 2.94. The van der Waals surface area contributed by atoms with Crippen LogP contribution >= 0.6 is 0 Å². The van der Waals surface area contributed by atoms with Crippen molar-refractivity contribution in [2.75, 3.05) is 0 Å². The summed E-state index contributed by atoms with van der Waals surface area (Å²) in [6.45, 7) is 8.28. The molecule has 17 heavy (non-hydrogen) atoms. The van der Waals surface area contributed by atoms with E-state index in [0.717, 1.165) is 0 Å². The quantitative estimate of drug-likeness (QED) is 0.820. The molecule has 0 aliphatic heterocycles. The maximum Gasteiger partial charge on any atom is 0.218 e. The maximum atomic E-state index is 10.8. The predicted molar refractivity (Wildman–Crippen MR) is 70.7 cm³/mol. The molecule has 0 spiro atoms. The molecule has 2 atom stereocenters. The molecule has 3 nitrogen and oxygen atoms in total. The Morgan fingerprint density at radius 1 is 1.35 bits per heavy atom. The molecule has 94 valence electrons. The van der Waals surface area contributed by atoms with Gasteiger partial charge in [0.25, 0.3) is 0 Å². The first-order valence-corrected chi connectivity index (χ1v) is 6.01. The van der Waals surface area contributed by atoms with Gasteiger partial charge in [0.1, 0.15) is 0 Å². The van der Waals surface area contributed by atoms with E-state index in [9.17, 15) is 4.79 Å². The van der Waals surface area contributed by atoms with Gasteiger partial charge >= 0.3 is 0 Å². The highest BCUT2D eigenvalue weighted by molar-refractivity contribution is 5.74. The van der Waals surface area contributed by atoms with E-state index in [0.29, 0.717) is 6.42 Å². The van der Waals surface area contributed by atoms with Gasteiger partial charge in [0.2, 0.25) is 5.91 Å². The number of nitrogens with two attached hydrogens (primary N) is 1. The monoisotopic (exact) mass is 234 g/mol. The standard InChI is InChI=1S/C14H22N2O/c1-9-5-6-10(2)13(7-9)12(4)16-11(3)8-14(15)17/h5-7,11-12,16H,8H2,1-4H3,(H2,15,17). The molecular formula is C14H22N2O. The summed E-state index contributed by atoms with van der Waals surface area (Å²) >= 11 is 0. The minimum absolute atomic E-state index is 0.0995. The third kappa shape index (κ3) is 4.19. The van der Waals surface area contributed by atoms with Crippen LogP contribution in [0.25, 0.3) is 0 Å². The largest absolute Gasteiger partial charge is 0.370 e. The summed E-state index contributed by atoms with van der Waals surface area (Å²) in [5, 5.41) is 3.39. The van der Waals surface area contributed by atoms with E-state index in [-0.39, 0.29) is 18.0 Å². The van der Waals surface area contributed by atoms with E-state index in [1.807, 2.05) is 6.92 Å². The number of aryl methyl sites for hydroxylation is 2. The Balaban J connectivity index is 2.72. The first-order chi connectivity index (χ1) is 7.90. The lowest BCUT2D eigenvalue weighted by molar-refractivity contribution is -0.118. The summed E-state index contributed by atoms with van der Waals surface area (Å²) in [5.41, 5.74) is 8.98. The Morgan fingerprint density at radius 3 is 2.59 bits per heavy atom. The van der Waals surface area contributed by atoms with Crippen molar-refractivity contribution in [2.24, 2.45) is 5.73 Å². The van der Waals surface area contributed by atoms with Crippen molar-refractivity contribution in [3.05, 3.63) is 34.9 Å². The zero-order valence-electron chi connectivity index (χ0n) is 11.1. The maximum absolute atomic E-state index is 10.8. The molecular weight excluding hydrogens is 212 g/mol. The minimum Gasteiger partial charge on any atom is -0.370 e. The first-order valence-electron chi connectivity index (χ1n) is 6.01. The topological polar surface area (TPSA) is 55.1 Å². The fraction of sp³-hybridized carbons (Fsp3) is 0.500. The average molecular weight is 234 g/mol. The third-order valence-electron chi connectivity index (χ3n) is 2.94. The van der Waals surface area contributed by atoms with Gasteiger partial charge in [-0.2, -0.15) is 0 Å². The first kappa shape index (κ1) is 13.7. The van der Waals surface area contributed by atoms with E-state index in [4.69, 9.17) is 5.73 Å². The van der Waals surface area contributed by atoms with Crippen molar-refractivity contribution < 1.29 is 4.79 Å². The zero-order valence-corrected chi connectivity index (χ0v) is 11.1. The van der Waals surface area contributed by atoms with Crippen LogP contribution in [-0.4, -0.2) is 11.9 Å². The normalized spacial score (nSPS) is 14.4. The van der Waals surface area contributed by atoms with Crippen LogP contribution in [0.3, 0.4) is 0 Å². The molecule has 1 rings (SSSR count). The smallest absolute Gasteiger partial charge is 0.218 e. The Labute approximate surface area is 103 Å². The van der Waals surface area contributed by atoms with Gasteiger partial charge in [-0.15, -0.1) is 0 Å². The molecule has 0 saturated heterocycles. The summed E-state index contributed by atoms with van der Waals surface area (Å²) < 4.78 is 0. The lowest BCUT2D eigenvalue weighted by atomic mass is 9.99. The average Bonchev–Trinajstić information content (AvgIpc) is 2.20. The van der Waals surface area contributed by atoms with Gasteiger partial charge in [-0.25, -0.2) is 0 Å². The van der Waals surface area contributed by atoms with E-state index >= 15 is 0 Å². The minimum atomic E-state index is -0.266. The molecule has 0 saturated carbocycles. The van der Waals surface area contributed by atoms with E-state index in [1.165, 1.54) is 16.7 Å². The Morgan fingerprint density at radius 2 is 2.00 bits per heavy atom. The molecule has 2 unspecified atom stereocenters. The number of amides is 1. The van der Waals surface area contributed by atoms with Crippen LogP contribution in [0.1, 0.15) is 43.0 Å². The Bertz CT molecular complexity index is 401. The number of rotatable bonds is 5. The number of primary amides is 1. The lowest BCUT2D eigenvalue weighted by Gasteiger charge is -2.21. The van der Waals surface area contributed by atoms with Gasteiger partial charge in [-0.05, 0) is 38.8 Å². The van der Waals surface area contributed by atoms with Gasteiger partial charge in [0.05, 0.1) is 0 Å². The van der Waals surface area contributed by atoms with Gasteiger partial charge in [-0.3, -0.25) is 4.79 Å². The van der Waals surface area contributed by atoms with Crippen molar-refractivity contribution in [3.63, 3.8) is 0 Å². The molecule has 3 N–H and O–H groups in total. The summed E-state index contributed by atoms with van der Waals surface area (Å²) in [6.07, 6.45) is 0.370. The summed E-state index contributed by atoms with van der Waals surface area (Å²) in [5.74, 6) is -0.266. The fourth-order valence-electron chi connectivity index (χ4n) is 2.10. The second kappa shape index (κ2) is 5.82. The van der Waals surface area contributed by atoms with Crippen molar-refractivity contribution in [1.29, 1.82) is 0 Å². The number of hydrogen-bond donors (Lipinski definition) is 2. The molecule has 0 aromatic heterocycles. The molecule has 3 heteroatoms. The molecule has 1 amide bonds. The summed E-state index contributed by atoms with van der Waals surface area (Å²) in [7, 11) is 0. The van der Waals surface area contributed by atoms with Crippen LogP contribution in [0.4, 0.5) is 0 Å². The van der Waals surface area contributed by atoms with Crippen LogP contribution in [0.2, 0.25) is 0 Å². The van der Waals surface area contributed by atoms with Crippen molar-refractivity contribution in [3.8, 4) is 0 Å². The van der Waals surface area contributed by atoms with E-state index in [1.54, 1.807) is 0 Å². The molecule has 0 aliphatic rings. The fourth-order valence-corrected chi connectivity index (χ4v) is 2.10. The van der Waals surface area contributed by atoms with Crippen LogP contribution in [-0.2, 0) is 4.79 Å². The van der Waals surface area contributed by atoms with E-state index in [2.05, 4.69) is 44.3 Å². The molecule has 0 radical (unpaired) electrons. The zero-order chi connectivity index (χ0) is 13.0. The van der Waals surface area contributed by atoms with Gasteiger partial charge in [0.15, 0.2) is 0 Å². The molecule has 1 aromatic rings. The summed E-state index contributed by atoms with van der Waals surface area (Å²) in [4.78, 5) is 10.8. The second-order valence-electron chi connectivity index (χ2n) is 4.82. The second-order valence-corrected chi connectivity index (χ2v) is 4.82. The molecule has 1 aromatic carbocycles. The predicted octanol–water partition coefficient (Wildman–Crippen LogP) is 2.22. The van der Waals surface area contributed by atoms with Crippen LogP contribution in [0.5, 0.6) is 0 Å². The molecule has 0 fully saturated rings. The Hall–Kier alpha value is -1.35. The SMILES string of the molecule is Cc1ccc(C)c(C(C)NC(C)CC(N)=O)c1. The van der Waals surface area contributed by atoms with Gasteiger partial charge < -0.3 is 11.1 Å². The molecule has 0 bridgehead atoms. The van der Waals surface area contributed by atoms with Crippen molar-refractivity contribution in [2.45, 2.75) is 46.2 Å². The number of benzene rings is 1. The van der Waals surface area contributed by atoms with Crippen LogP contribution < -0.4 is 11.1 Å². The molecule has 0 heterocycles. The lowest BCUT2D eigenvalue weighted by Crippen LogP contribution is -2.33. The number of hydrogen-bond acceptors (Lipinski definition) is 2. The Kier molecular flexibility index (Phi) is 4.70. The highest BCUT2D eigenvalue weighted by Gasteiger charge is 2.13. The van der Waals surface area contributed by atoms with Crippen molar-refractivity contribution >= 4 is 5.91 Å². The van der Waals surface area contributed by atoms with Gasteiger partial charge in [-0.1, -0.05) is 23.8 Å². The summed E-state index contributed by atoms with van der Waals surface area (Å²) in [6, 6.07) is 6.75. The van der Waals surface area contributed by atoms with Crippen LogP contribution in [0, 0.1) is 13.8 Å². The van der Waals surface area contributed by atoms with Crippen LogP contribution in [0.15, 0.2) is 18.2 Å². The highest BCUT2D eigenvalue weighted by Crippen LogP contribution is 2.19. The highest BCUT2D eigenvalue weighted by atomic mass is 16.1. The molecule has 0 aliphatic carbocycles. The number of carbonyl (C=O) groups excluding carboxylic acids is 1. The van der Waals surface area contributed by atoms with Crippen molar-refractivity contribution in [1.82, 2.24) is 5.32 Å². The number of carbonyl (C=O) groups is 1. The van der Waals surface area contributed by atoms with E-state index < -0.39 is 0 Å².